The van der Waals surface area contributed by atoms with E-state index in [2.05, 4.69) is 20.5 Å². The first-order valence-corrected chi connectivity index (χ1v) is 6.07. The van der Waals surface area contributed by atoms with E-state index in [1.807, 2.05) is 0 Å². The molecule has 104 valence electrons. The van der Waals surface area contributed by atoms with Gasteiger partial charge in [-0.2, -0.15) is 5.10 Å². The number of pyridine rings is 1. The SMILES string of the molecule is O=C(Nc1ccc(C(=O)O)nc1)c1ccc2cn[nH]c2c1. The Bertz CT molecular complexity index is 824. The Kier molecular flexibility index (Phi) is 3.07. The average Bonchev–Trinajstić information content (AvgIpc) is 2.95. The molecular weight excluding hydrogens is 272 g/mol. The first-order chi connectivity index (χ1) is 10.1. The minimum atomic E-state index is -1.11. The van der Waals surface area contributed by atoms with Gasteiger partial charge in [0.1, 0.15) is 5.69 Å². The molecule has 1 amide bonds. The van der Waals surface area contributed by atoms with Crippen LogP contribution < -0.4 is 5.32 Å². The number of hydrogen-bond donors (Lipinski definition) is 3. The van der Waals surface area contributed by atoms with Crippen LogP contribution in [0.15, 0.2) is 42.7 Å². The molecule has 0 radical (unpaired) electrons. The number of benzene rings is 1. The number of fused-ring (bicyclic) bond motifs is 1. The van der Waals surface area contributed by atoms with Gasteiger partial charge >= 0.3 is 5.97 Å². The highest BCUT2D eigenvalue weighted by Crippen LogP contribution is 2.14. The van der Waals surface area contributed by atoms with Crippen LogP contribution in [0.2, 0.25) is 0 Å². The molecule has 0 unspecified atom stereocenters. The van der Waals surface area contributed by atoms with Gasteiger partial charge in [0.15, 0.2) is 0 Å². The molecule has 1 aromatic carbocycles. The van der Waals surface area contributed by atoms with Gasteiger partial charge in [-0.1, -0.05) is 6.07 Å². The number of carboxylic acid groups (broad SMARTS) is 1. The molecule has 2 heterocycles. The van der Waals surface area contributed by atoms with E-state index >= 15 is 0 Å². The zero-order chi connectivity index (χ0) is 14.8. The zero-order valence-corrected chi connectivity index (χ0v) is 10.7. The van der Waals surface area contributed by atoms with E-state index in [4.69, 9.17) is 5.11 Å². The Morgan fingerprint density at radius 3 is 2.71 bits per heavy atom. The predicted octanol–water partition coefficient (Wildman–Crippen LogP) is 1.91. The second kappa shape index (κ2) is 5.04. The van der Waals surface area contributed by atoms with E-state index in [-0.39, 0.29) is 11.6 Å². The van der Waals surface area contributed by atoms with Crippen molar-refractivity contribution in [2.45, 2.75) is 0 Å². The minimum Gasteiger partial charge on any atom is -0.477 e. The molecular formula is C14H10N4O3. The summed E-state index contributed by atoms with van der Waals surface area (Å²) in [5.41, 5.74) is 1.58. The number of nitrogens with one attached hydrogen (secondary N) is 2. The molecule has 21 heavy (non-hydrogen) atoms. The van der Waals surface area contributed by atoms with Crippen molar-refractivity contribution < 1.29 is 14.7 Å². The Balaban J connectivity index is 1.80. The molecule has 3 N–H and O–H groups in total. The molecule has 0 aliphatic heterocycles. The van der Waals surface area contributed by atoms with Gasteiger partial charge in [-0.05, 0) is 24.3 Å². The van der Waals surface area contributed by atoms with E-state index in [0.717, 1.165) is 10.9 Å². The van der Waals surface area contributed by atoms with Crippen LogP contribution in [-0.4, -0.2) is 32.2 Å². The van der Waals surface area contributed by atoms with Crippen LogP contribution in [0, 0.1) is 0 Å². The maximum absolute atomic E-state index is 12.1. The summed E-state index contributed by atoms with van der Waals surface area (Å²) in [4.78, 5) is 26.5. The molecule has 0 aliphatic rings. The number of rotatable bonds is 3. The first-order valence-electron chi connectivity index (χ1n) is 6.07. The molecule has 0 spiro atoms. The summed E-state index contributed by atoms with van der Waals surface area (Å²) >= 11 is 0. The summed E-state index contributed by atoms with van der Waals surface area (Å²) < 4.78 is 0. The van der Waals surface area contributed by atoms with Crippen molar-refractivity contribution in [1.29, 1.82) is 0 Å². The number of nitrogens with zero attached hydrogens (tertiary/aromatic N) is 2. The molecule has 2 aromatic heterocycles. The zero-order valence-electron chi connectivity index (χ0n) is 10.7. The van der Waals surface area contributed by atoms with Gasteiger partial charge in [-0.25, -0.2) is 9.78 Å². The minimum absolute atomic E-state index is 0.0770. The fourth-order valence-electron chi connectivity index (χ4n) is 1.88. The van der Waals surface area contributed by atoms with E-state index in [9.17, 15) is 9.59 Å². The monoisotopic (exact) mass is 282 g/mol. The van der Waals surface area contributed by atoms with Crippen molar-refractivity contribution in [2.75, 3.05) is 5.32 Å². The number of hydrogen-bond acceptors (Lipinski definition) is 4. The van der Waals surface area contributed by atoms with Gasteiger partial charge in [-0.3, -0.25) is 9.89 Å². The largest absolute Gasteiger partial charge is 0.477 e. The number of aromatic amines is 1. The molecule has 0 atom stereocenters. The molecule has 0 saturated heterocycles. The van der Waals surface area contributed by atoms with E-state index < -0.39 is 5.97 Å². The fraction of sp³-hybridized carbons (Fsp3) is 0. The lowest BCUT2D eigenvalue weighted by Gasteiger charge is -2.05. The normalized spacial score (nSPS) is 10.5. The van der Waals surface area contributed by atoms with Gasteiger partial charge in [-0.15, -0.1) is 0 Å². The molecule has 3 rings (SSSR count). The number of aromatic nitrogens is 3. The Labute approximate surface area is 118 Å². The van der Waals surface area contributed by atoms with Crippen LogP contribution in [0.25, 0.3) is 10.9 Å². The van der Waals surface area contributed by atoms with Gasteiger partial charge in [0.05, 0.1) is 23.6 Å². The highest BCUT2D eigenvalue weighted by Gasteiger charge is 2.09. The highest BCUT2D eigenvalue weighted by atomic mass is 16.4. The molecule has 0 fully saturated rings. The summed E-state index contributed by atoms with van der Waals surface area (Å²) in [5.74, 6) is -1.42. The van der Waals surface area contributed by atoms with Gasteiger partial charge in [0, 0.05) is 10.9 Å². The van der Waals surface area contributed by atoms with Crippen LogP contribution in [0.4, 0.5) is 5.69 Å². The first kappa shape index (κ1) is 12.8. The third kappa shape index (κ3) is 2.57. The van der Waals surface area contributed by atoms with Crippen LogP contribution >= 0.6 is 0 Å². The van der Waals surface area contributed by atoms with Crippen molar-refractivity contribution >= 4 is 28.5 Å². The van der Waals surface area contributed by atoms with E-state index in [1.54, 1.807) is 24.4 Å². The van der Waals surface area contributed by atoms with E-state index in [1.165, 1.54) is 18.3 Å². The van der Waals surface area contributed by atoms with Crippen molar-refractivity contribution in [3.63, 3.8) is 0 Å². The molecule has 3 aromatic rings. The molecule has 7 nitrogen and oxygen atoms in total. The second-order valence-corrected chi connectivity index (χ2v) is 4.36. The lowest BCUT2D eigenvalue weighted by atomic mass is 10.1. The predicted molar refractivity (Wildman–Crippen MR) is 75.2 cm³/mol. The molecule has 0 bridgehead atoms. The van der Waals surface area contributed by atoms with Crippen molar-refractivity contribution in [2.24, 2.45) is 0 Å². The summed E-state index contributed by atoms with van der Waals surface area (Å²) in [6, 6.07) is 7.99. The number of carbonyl (C=O) groups excluding carboxylic acids is 1. The van der Waals surface area contributed by atoms with Crippen molar-refractivity contribution in [3.05, 3.63) is 54.0 Å². The van der Waals surface area contributed by atoms with Crippen molar-refractivity contribution in [3.8, 4) is 0 Å². The van der Waals surface area contributed by atoms with Crippen LogP contribution in [-0.2, 0) is 0 Å². The third-order valence-electron chi connectivity index (χ3n) is 2.94. The van der Waals surface area contributed by atoms with Gasteiger partial charge in [0.2, 0.25) is 0 Å². The van der Waals surface area contributed by atoms with Crippen LogP contribution in [0.5, 0.6) is 0 Å². The number of aromatic carboxylic acids is 1. The van der Waals surface area contributed by atoms with E-state index in [0.29, 0.717) is 11.3 Å². The average molecular weight is 282 g/mol. The summed E-state index contributed by atoms with van der Waals surface area (Å²) in [6.07, 6.45) is 2.97. The molecule has 0 aliphatic carbocycles. The topological polar surface area (TPSA) is 108 Å². The van der Waals surface area contributed by atoms with Gasteiger partial charge in [0.25, 0.3) is 5.91 Å². The van der Waals surface area contributed by atoms with Crippen molar-refractivity contribution in [1.82, 2.24) is 15.2 Å². The number of anilines is 1. The number of amides is 1. The lowest BCUT2D eigenvalue weighted by Crippen LogP contribution is -2.12. The quantitative estimate of drug-likeness (QED) is 0.680. The van der Waals surface area contributed by atoms with Crippen LogP contribution in [0.1, 0.15) is 20.8 Å². The lowest BCUT2D eigenvalue weighted by molar-refractivity contribution is 0.0690. The number of H-pyrrole nitrogens is 1. The Morgan fingerprint density at radius 2 is 2.00 bits per heavy atom. The standard InChI is InChI=1S/C14H10N4O3/c19-13(8-1-2-9-6-16-18-12(9)5-8)17-10-3-4-11(14(20)21)15-7-10/h1-7H,(H,16,18)(H,17,19)(H,20,21). The van der Waals surface area contributed by atoms with Gasteiger partial charge < -0.3 is 10.4 Å². The fourth-order valence-corrected chi connectivity index (χ4v) is 1.88. The maximum Gasteiger partial charge on any atom is 0.354 e. The number of carbonyl (C=O) groups is 2. The second-order valence-electron chi connectivity index (χ2n) is 4.36. The smallest absolute Gasteiger partial charge is 0.354 e. The summed E-state index contributed by atoms with van der Waals surface area (Å²) in [5, 5.41) is 19.0. The molecule has 0 saturated carbocycles. The van der Waals surface area contributed by atoms with Crippen LogP contribution in [0.3, 0.4) is 0 Å². The molecule has 7 heteroatoms. The third-order valence-corrected chi connectivity index (χ3v) is 2.94. The Morgan fingerprint density at radius 1 is 1.14 bits per heavy atom. The Hall–Kier alpha value is -3.22. The summed E-state index contributed by atoms with van der Waals surface area (Å²) in [7, 11) is 0. The maximum atomic E-state index is 12.1. The number of carboxylic acids is 1. The summed E-state index contributed by atoms with van der Waals surface area (Å²) in [6.45, 7) is 0. The highest BCUT2D eigenvalue weighted by molar-refractivity contribution is 6.06.